The van der Waals surface area contributed by atoms with Crippen LogP contribution < -0.4 is 14.8 Å². The Labute approximate surface area is 164 Å². The van der Waals surface area contributed by atoms with Gasteiger partial charge in [0, 0.05) is 17.7 Å². The Morgan fingerprint density at radius 1 is 1.28 bits per heavy atom. The van der Waals surface area contributed by atoms with Crippen molar-refractivity contribution in [3.05, 3.63) is 40.9 Å². The van der Waals surface area contributed by atoms with Gasteiger partial charge >= 0.3 is 6.18 Å². The minimum absolute atomic E-state index is 0.0383. The second kappa shape index (κ2) is 7.09. The molecule has 1 aromatic heterocycles. The Hall–Kier alpha value is -3.04. The summed E-state index contributed by atoms with van der Waals surface area (Å²) in [5.41, 5.74) is 1.57. The van der Waals surface area contributed by atoms with Gasteiger partial charge < -0.3 is 14.8 Å². The van der Waals surface area contributed by atoms with E-state index < -0.39 is 18.0 Å². The number of alkyl halides is 3. The fraction of sp³-hybridized carbons (Fsp3) is 0.421. The third kappa shape index (κ3) is 3.32. The number of aromatic nitrogens is 3. The molecule has 0 saturated carbocycles. The molecule has 0 unspecified atom stereocenters. The van der Waals surface area contributed by atoms with E-state index in [9.17, 15) is 18.0 Å². The lowest BCUT2D eigenvalue weighted by Crippen LogP contribution is -2.31. The van der Waals surface area contributed by atoms with Crippen LogP contribution in [0.2, 0.25) is 0 Å². The summed E-state index contributed by atoms with van der Waals surface area (Å²) >= 11 is 0. The van der Waals surface area contributed by atoms with Gasteiger partial charge in [0.2, 0.25) is 5.95 Å². The maximum atomic E-state index is 13.2. The van der Waals surface area contributed by atoms with Crippen molar-refractivity contribution in [2.45, 2.75) is 38.4 Å². The number of anilines is 1. The largest absolute Gasteiger partial charge is 0.493 e. The molecule has 1 atom stereocenters. The molecule has 0 bridgehead atoms. The minimum Gasteiger partial charge on any atom is -0.493 e. The zero-order valence-corrected chi connectivity index (χ0v) is 15.8. The standard InChI is InChI=1S/C19H19F3N4O3/c1-3-29-13-8-7-10(9-14(13)28-2)16-15-11(5-4-6-12(15)27)23-18-24-17(19(20,21)22)25-26(16)18/h7-9,16H,3-6H2,1-2H3,(H,23,24,25)/t16-/m0/s1. The summed E-state index contributed by atoms with van der Waals surface area (Å²) in [5, 5.41) is 6.55. The van der Waals surface area contributed by atoms with Gasteiger partial charge in [0.05, 0.1) is 13.7 Å². The first-order chi connectivity index (χ1) is 13.8. The van der Waals surface area contributed by atoms with E-state index in [-0.39, 0.29) is 11.7 Å². The SMILES string of the molecule is CCOc1ccc([C@H]2C3=C(CCCC3=O)Nc3nc(C(F)(F)F)nn32)cc1OC. The highest BCUT2D eigenvalue weighted by Gasteiger charge is 2.42. The van der Waals surface area contributed by atoms with E-state index in [1.54, 1.807) is 18.2 Å². The second-order valence-corrected chi connectivity index (χ2v) is 6.74. The lowest BCUT2D eigenvalue weighted by Gasteiger charge is -2.32. The number of hydrogen-bond acceptors (Lipinski definition) is 6. The average Bonchev–Trinajstić information content (AvgIpc) is 3.11. The number of fused-ring (bicyclic) bond motifs is 1. The predicted octanol–water partition coefficient (Wildman–Crippen LogP) is 3.73. The molecule has 1 aliphatic carbocycles. The summed E-state index contributed by atoms with van der Waals surface area (Å²) in [7, 11) is 1.48. The molecule has 4 rings (SSSR count). The van der Waals surface area contributed by atoms with Crippen LogP contribution in [0.5, 0.6) is 11.5 Å². The molecule has 1 aromatic carbocycles. The molecule has 2 aliphatic rings. The quantitative estimate of drug-likeness (QED) is 0.831. The molecular weight excluding hydrogens is 389 g/mol. The summed E-state index contributed by atoms with van der Waals surface area (Å²) in [6.07, 6.45) is -3.18. The topological polar surface area (TPSA) is 78.3 Å². The van der Waals surface area contributed by atoms with Gasteiger partial charge in [0.1, 0.15) is 6.04 Å². The van der Waals surface area contributed by atoms with Crippen molar-refractivity contribution in [1.82, 2.24) is 14.8 Å². The van der Waals surface area contributed by atoms with Crippen molar-refractivity contribution in [3.8, 4) is 11.5 Å². The number of halogens is 3. The van der Waals surface area contributed by atoms with Crippen LogP contribution in [0.4, 0.5) is 19.1 Å². The highest BCUT2D eigenvalue weighted by molar-refractivity contribution is 5.99. The first-order valence-corrected chi connectivity index (χ1v) is 9.21. The molecule has 154 valence electrons. The number of carbonyl (C=O) groups excluding carboxylic acids is 1. The van der Waals surface area contributed by atoms with E-state index in [0.29, 0.717) is 54.2 Å². The lowest BCUT2D eigenvalue weighted by molar-refractivity contribution is -0.145. The minimum atomic E-state index is -4.70. The van der Waals surface area contributed by atoms with Crippen molar-refractivity contribution in [2.24, 2.45) is 0 Å². The molecule has 2 heterocycles. The number of carbonyl (C=O) groups is 1. The molecule has 10 heteroatoms. The summed E-state index contributed by atoms with van der Waals surface area (Å²) < 4.78 is 51.7. The Morgan fingerprint density at radius 2 is 2.07 bits per heavy atom. The maximum absolute atomic E-state index is 13.2. The van der Waals surface area contributed by atoms with E-state index in [4.69, 9.17) is 9.47 Å². The maximum Gasteiger partial charge on any atom is 0.453 e. The molecule has 0 fully saturated rings. The number of methoxy groups -OCH3 is 1. The number of benzene rings is 1. The zero-order chi connectivity index (χ0) is 20.8. The molecule has 29 heavy (non-hydrogen) atoms. The van der Waals surface area contributed by atoms with Crippen molar-refractivity contribution >= 4 is 11.7 Å². The van der Waals surface area contributed by atoms with E-state index in [0.717, 1.165) is 4.68 Å². The van der Waals surface area contributed by atoms with E-state index in [1.807, 2.05) is 6.92 Å². The van der Waals surface area contributed by atoms with Crippen LogP contribution >= 0.6 is 0 Å². The fourth-order valence-corrected chi connectivity index (χ4v) is 3.71. The van der Waals surface area contributed by atoms with Gasteiger partial charge in [-0.1, -0.05) is 6.07 Å². The molecule has 0 radical (unpaired) electrons. The summed E-state index contributed by atoms with van der Waals surface area (Å²) in [4.78, 5) is 16.3. The van der Waals surface area contributed by atoms with Crippen LogP contribution in [-0.4, -0.2) is 34.3 Å². The third-order valence-corrected chi connectivity index (χ3v) is 4.92. The van der Waals surface area contributed by atoms with Gasteiger partial charge in [0.25, 0.3) is 5.82 Å². The molecule has 1 aliphatic heterocycles. The molecule has 0 spiro atoms. The Morgan fingerprint density at radius 3 is 2.76 bits per heavy atom. The van der Waals surface area contributed by atoms with Crippen LogP contribution in [0.25, 0.3) is 0 Å². The normalized spacial score (nSPS) is 18.8. The lowest BCUT2D eigenvalue weighted by atomic mass is 9.85. The summed E-state index contributed by atoms with van der Waals surface area (Å²) in [6, 6.07) is 4.21. The first-order valence-electron chi connectivity index (χ1n) is 9.21. The molecule has 1 N–H and O–H groups in total. The van der Waals surface area contributed by atoms with Crippen LogP contribution in [0.15, 0.2) is 29.5 Å². The number of Topliss-reactive ketones (excluding diaryl/α,β-unsaturated/α-hetero) is 1. The summed E-state index contributed by atoms with van der Waals surface area (Å²) in [6.45, 7) is 2.26. The average molecular weight is 408 g/mol. The first kappa shape index (κ1) is 19.3. The van der Waals surface area contributed by atoms with Crippen molar-refractivity contribution in [3.63, 3.8) is 0 Å². The highest BCUT2D eigenvalue weighted by Crippen LogP contribution is 2.43. The van der Waals surface area contributed by atoms with E-state index in [1.165, 1.54) is 7.11 Å². The molecule has 0 amide bonds. The number of ether oxygens (including phenoxy) is 2. The van der Waals surface area contributed by atoms with Crippen LogP contribution in [0.3, 0.4) is 0 Å². The predicted molar refractivity (Wildman–Crippen MR) is 96.8 cm³/mol. The van der Waals surface area contributed by atoms with E-state index in [2.05, 4.69) is 15.4 Å². The van der Waals surface area contributed by atoms with Gasteiger partial charge in [-0.05, 0) is 37.5 Å². The number of rotatable bonds is 4. The highest BCUT2D eigenvalue weighted by atomic mass is 19.4. The van der Waals surface area contributed by atoms with Crippen LogP contribution in [0, 0.1) is 0 Å². The number of nitrogens with one attached hydrogen (secondary N) is 1. The summed E-state index contributed by atoms with van der Waals surface area (Å²) in [5.74, 6) is -0.484. The van der Waals surface area contributed by atoms with Gasteiger partial charge in [-0.25, -0.2) is 4.68 Å². The second-order valence-electron chi connectivity index (χ2n) is 6.74. The van der Waals surface area contributed by atoms with Crippen molar-refractivity contribution in [2.75, 3.05) is 19.0 Å². The van der Waals surface area contributed by atoms with Gasteiger partial charge in [-0.15, -0.1) is 5.10 Å². The Kier molecular flexibility index (Phi) is 4.71. The number of allylic oxidation sites excluding steroid dienone is 2. The van der Waals surface area contributed by atoms with Crippen molar-refractivity contribution < 1.29 is 27.4 Å². The van der Waals surface area contributed by atoms with Gasteiger partial charge in [-0.3, -0.25) is 4.79 Å². The number of nitrogens with zero attached hydrogens (tertiary/aromatic N) is 3. The Balaban J connectivity index is 1.88. The fourth-order valence-electron chi connectivity index (χ4n) is 3.71. The van der Waals surface area contributed by atoms with Gasteiger partial charge in [0.15, 0.2) is 17.3 Å². The molecule has 7 nitrogen and oxygen atoms in total. The number of hydrogen-bond donors (Lipinski definition) is 1. The number of ketones is 1. The molecular formula is C19H19F3N4O3. The van der Waals surface area contributed by atoms with E-state index >= 15 is 0 Å². The van der Waals surface area contributed by atoms with Crippen LogP contribution in [-0.2, 0) is 11.0 Å². The Bertz CT molecular complexity index is 997. The monoisotopic (exact) mass is 408 g/mol. The zero-order valence-electron chi connectivity index (χ0n) is 15.8. The molecule has 2 aromatic rings. The molecule has 0 saturated heterocycles. The third-order valence-electron chi connectivity index (χ3n) is 4.92. The smallest absolute Gasteiger partial charge is 0.453 e. The van der Waals surface area contributed by atoms with Crippen LogP contribution in [0.1, 0.15) is 43.6 Å². The van der Waals surface area contributed by atoms with Crippen molar-refractivity contribution in [1.29, 1.82) is 0 Å². The van der Waals surface area contributed by atoms with Gasteiger partial charge in [-0.2, -0.15) is 18.2 Å².